The van der Waals surface area contributed by atoms with Crippen molar-refractivity contribution in [1.29, 1.82) is 0 Å². The van der Waals surface area contributed by atoms with E-state index in [0.29, 0.717) is 5.69 Å². The number of amides is 1. The zero-order chi connectivity index (χ0) is 22.6. The molecule has 6 heteroatoms. The van der Waals surface area contributed by atoms with E-state index in [2.05, 4.69) is 22.4 Å². The molecule has 0 radical (unpaired) electrons. The molecule has 6 nitrogen and oxygen atoms in total. The van der Waals surface area contributed by atoms with Gasteiger partial charge in [-0.2, -0.15) is 4.68 Å². The molecule has 1 atom stereocenters. The van der Waals surface area contributed by atoms with Crippen molar-refractivity contribution in [3.8, 4) is 22.4 Å². The van der Waals surface area contributed by atoms with Crippen LogP contribution in [0.4, 0.5) is 4.79 Å². The average molecular weight is 439 g/mol. The van der Waals surface area contributed by atoms with Gasteiger partial charge in [0.15, 0.2) is 0 Å². The highest BCUT2D eigenvalue weighted by Crippen LogP contribution is 2.31. The third-order valence-electron chi connectivity index (χ3n) is 6.27. The number of aliphatic hydroxyl groups is 1. The maximum atomic E-state index is 13.3. The Labute approximate surface area is 193 Å². The van der Waals surface area contributed by atoms with E-state index in [1.807, 2.05) is 71.6 Å². The summed E-state index contributed by atoms with van der Waals surface area (Å²) >= 11 is 0. The summed E-state index contributed by atoms with van der Waals surface area (Å²) in [5, 5.41) is 17.6. The molecule has 3 aromatic carbocycles. The number of benzene rings is 3. The Bertz CT molecular complexity index is 1220. The zero-order valence-electron chi connectivity index (χ0n) is 18.3. The summed E-state index contributed by atoms with van der Waals surface area (Å²) in [7, 11) is 0. The average Bonchev–Trinajstić information content (AvgIpc) is 3.39. The van der Waals surface area contributed by atoms with Gasteiger partial charge in [0, 0.05) is 12.1 Å². The van der Waals surface area contributed by atoms with Gasteiger partial charge in [-0.3, -0.25) is 0 Å². The molecular weight excluding hydrogens is 412 g/mol. The molecule has 1 aliphatic rings. The molecule has 1 amide bonds. The number of carbonyl (C=O) groups is 1. The molecule has 0 bridgehead atoms. The number of hydrogen-bond donors (Lipinski definition) is 1. The maximum absolute atomic E-state index is 13.3. The summed E-state index contributed by atoms with van der Waals surface area (Å²) in [6.07, 6.45) is 4.78. The second kappa shape index (κ2) is 9.38. The quantitative estimate of drug-likeness (QED) is 0.469. The van der Waals surface area contributed by atoms with E-state index >= 15 is 0 Å². The van der Waals surface area contributed by atoms with Gasteiger partial charge in [-0.1, -0.05) is 84.1 Å². The van der Waals surface area contributed by atoms with Crippen molar-refractivity contribution < 1.29 is 9.90 Å². The summed E-state index contributed by atoms with van der Waals surface area (Å²) in [5.41, 5.74) is 5.77. The molecule has 0 spiro atoms. The Morgan fingerprint density at radius 1 is 0.879 bits per heavy atom. The summed E-state index contributed by atoms with van der Waals surface area (Å²) in [4.78, 5) is 15.2. The van der Waals surface area contributed by atoms with E-state index in [4.69, 9.17) is 0 Å². The van der Waals surface area contributed by atoms with Crippen LogP contribution in [0, 0.1) is 0 Å². The van der Waals surface area contributed by atoms with Crippen molar-refractivity contribution in [3.05, 3.63) is 96.2 Å². The second-order valence-electron chi connectivity index (χ2n) is 8.38. The van der Waals surface area contributed by atoms with Crippen LogP contribution < -0.4 is 0 Å². The highest BCUT2D eigenvalue weighted by atomic mass is 16.3. The Kier molecular flexibility index (Phi) is 6.00. The van der Waals surface area contributed by atoms with Crippen LogP contribution in [0.25, 0.3) is 22.4 Å². The number of likely N-dealkylation sites (tertiary alicyclic amines) is 1. The molecule has 2 heterocycles. The molecule has 4 aromatic rings. The Balaban J connectivity index is 1.34. The summed E-state index contributed by atoms with van der Waals surface area (Å²) in [6, 6.07) is 26.0. The van der Waals surface area contributed by atoms with Gasteiger partial charge >= 0.3 is 6.03 Å². The first-order valence-electron chi connectivity index (χ1n) is 11.3. The van der Waals surface area contributed by atoms with Crippen LogP contribution >= 0.6 is 0 Å². The number of rotatable bonds is 4. The van der Waals surface area contributed by atoms with Gasteiger partial charge in [0.25, 0.3) is 0 Å². The fraction of sp³-hybridized carbons (Fsp3) is 0.222. The third-order valence-corrected chi connectivity index (χ3v) is 6.27. The van der Waals surface area contributed by atoms with Gasteiger partial charge in [-0.05, 0) is 41.5 Å². The molecule has 0 aliphatic carbocycles. The van der Waals surface area contributed by atoms with Crippen LogP contribution in [0.15, 0.2) is 85.1 Å². The Hall–Kier alpha value is -3.77. The van der Waals surface area contributed by atoms with Crippen molar-refractivity contribution >= 4 is 6.03 Å². The molecule has 1 unspecified atom stereocenters. The Morgan fingerprint density at radius 3 is 2.24 bits per heavy atom. The lowest BCUT2D eigenvalue weighted by Gasteiger charge is -2.35. The van der Waals surface area contributed by atoms with Gasteiger partial charge in [-0.25, -0.2) is 4.79 Å². The van der Waals surface area contributed by atoms with Gasteiger partial charge in [-0.15, -0.1) is 5.10 Å². The fourth-order valence-corrected chi connectivity index (χ4v) is 4.44. The number of carbonyl (C=O) groups excluding carboxylic acids is 1. The van der Waals surface area contributed by atoms with Crippen molar-refractivity contribution in [3.63, 3.8) is 0 Å². The van der Waals surface area contributed by atoms with Crippen LogP contribution in [-0.4, -0.2) is 37.6 Å². The number of aliphatic hydroxyl groups excluding tert-OH is 1. The predicted molar refractivity (Wildman–Crippen MR) is 127 cm³/mol. The molecule has 1 aliphatic heterocycles. The molecular formula is C27H26N4O2. The van der Waals surface area contributed by atoms with E-state index in [1.54, 1.807) is 6.20 Å². The molecule has 1 N–H and O–H groups in total. The van der Waals surface area contributed by atoms with Crippen LogP contribution in [0.2, 0.25) is 0 Å². The van der Waals surface area contributed by atoms with Crippen molar-refractivity contribution in [2.75, 3.05) is 6.54 Å². The molecule has 33 heavy (non-hydrogen) atoms. The SMILES string of the molecule is O=C(N1CCCCC1c1ccccc1)n1cc(-c2ccc(-c3ccc(CO)cc3)cc2)nn1. The minimum atomic E-state index is -0.136. The summed E-state index contributed by atoms with van der Waals surface area (Å²) in [5.74, 6) is 0. The lowest BCUT2D eigenvalue weighted by atomic mass is 9.96. The molecule has 1 aromatic heterocycles. The van der Waals surface area contributed by atoms with E-state index in [0.717, 1.165) is 53.6 Å². The van der Waals surface area contributed by atoms with E-state index in [1.165, 1.54) is 4.68 Å². The van der Waals surface area contributed by atoms with Gasteiger partial charge in [0.2, 0.25) is 0 Å². The lowest BCUT2D eigenvalue weighted by molar-refractivity contribution is 0.149. The zero-order valence-corrected chi connectivity index (χ0v) is 18.3. The normalized spacial score (nSPS) is 16.0. The fourth-order valence-electron chi connectivity index (χ4n) is 4.44. The maximum Gasteiger partial charge on any atom is 0.346 e. The highest BCUT2D eigenvalue weighted by molar-refractivity contribution is 5.78. The number of nitrogens with zero attached hydrogens (tertiary/aromatic N) is 4. The number of piperidine rings is 1. The number of hydrogen-bond acceptors (Lipinski definition) is 4. The van der Waals surface area contributed by atoms with Crippen LogP contribution in [0.3, 0.4) is 0 Å². The lowest BCUT2D eigenvalue weighted by Crippen LogP contribution is -2.41. The van der Waals surface area contributed by atoms with Crippen LogP contribution in [0.5, 0.6) is 0 Å². The predicted octanol–water partition coefficient (Wildman–Crippen LogP) is 5.30. The van der Waals surface area contributed by atoms with Gasteiger partial charge in [0.1, 0.15) is 5.69 Å². The van der Waals surface area contributed by atoms with E-state index in [9.17, 15) is 9.90 Å². The molecule has 1 fully saturated rings. The minimum Gasteiger partial charge on any atom is -0.392 e. The summed E-state index contributed by atoms with van der Waals surface area (Å²) < 4.78 is 1.36. The first kappa shape index (κ1) is 21.1. The second-order valence-corrected chi connectivity index (χ2v) is 8.38. The standard InChI is InChI=1S/C27H26N4O2/c32-19-20-9-11-21(12-10-20)22-13-15-23(16-14-22)25-18-31(29-28-25)27(33)30-17-5-4-8-26(30)24-6-2-1-3-7-24/h1-3,6-7,9-16,18,26,32H,4-5,8,17,19H2. The first-order valence-corrected chi connectivity index (χ1v) is 11.3. The number of aromatic nitrogens is 3. The van der Waals surface area contributed by atoms with E-state index < -0.39 is 0 Å². The van der Waals surface area contributed by atoms with E-state index in [-0.39, 0.29) is 18.7 Å². The molecule has 5 rings (SSSR count). The summed E-state index contributed by atoms with van der Waals surface area (Å²) in [6.45, 7) is 0.758. The monoisotopic (exact) mass is 438 g/mol. The van der Waals surface area contributed by atoms with Crippen LogP contribution in [0.1, 0.15) is 36.4 Å². The van der Waals surface area contributed by atoms with Crippen LogP contribution in [-0.2, 0) is 6.61 Å². The first-order chi connectivity index (χ1) is 16.2. The largest absolute Gasteiger partial charge is 0.392 e. The molecule has 1 saturated heterocycles. The molecule has 0 saturated carbocycles. The topological polar surface area (TPSA) is 71.2 Å². The van der Waals surface area contributed by atoms with Crippen molar-refractivity contribution in [1.82, 2.24) is 19.9 Å². The minimum absolute atomic E-state index is 0.0388. The van der Waals surface area contributed by atoms with Crippen molar-refractivity contribution in [2.24, 2.45) is 0 Å². The molecule has 166 valence electrons. The van der Waals surface area contributed by atoms with Crippen molar-refractivity contribution in [2.45, 2.75) is 31.9 Å². The smallest absolute Gasteiger partial charge is 0.346 e. The van der Waals surface area contributed by atoms with Gasteiger partial charge in [0.05, 0.1) is 18.8 Å². The Morgan fingerprint density at radius 2 is 1.55 bits per heavy atom. The highest BCUT2D eigenvalue weighted by Gasteiger charge is 2.29. The van der Waals surface area contributed by atoms with Gasteiger partial charge < -0.3 is 10.0 Å². The third kappa shape index (κ3) is 4.43.